The van der Waals surface area contributed by atoms with E-state index in [-0.39, 0.29) is 37.7 Å². The first-order valence-electron chi connectivity index (χ1n) is 10.4. The number of likely N-dealkylation sites (N-methyl/N-ethyl adjacent to an activating group) is 1. The third kappa shape index (κ3) is 7.45. The smallest absolute Gasteiger partial charge is 0.242 e. The standard InChI is InChI=1S/C23H30FN3O5S/c1-17(23(29)25-2)26(16-18-7-5-8-21(15-18)32-3)22(28)9-6-14-27(33(4,30)31)20-12-10-19(24)11-13-20/h5,7-8,10-13,15,17H,6,9,14,16H2,1-4H3,(H,25,29). The van der Waals surface area contributed by atoms with Crippen molar-refractivity contribution < 1.29 is 27.1 Å². The highest BCUT2D eigenvalue weighted by atomic mass is 32.2. The number of nitrogens with zero attached hydrogens (tertiary/aromatic N) is 2. The summed E-state index contributed by atoms with van der Waals surface area (Å²) in [6, 6.07) is 11.6. The molecule has 0 aliphatic rings. The van der Waals surface area contributed by atoms with Crippen molar-refractivity contribution in [3.63, 3.8) is 0 Å². The van der Waals surface area contributed by atoms with E-state index >= 15 is 0 Å². The highest BCUT2D eigenvalue weighted by Crippen LogP contribution is 2.20. The van der Waals surface area contributed by atoms with Gasteiger partial charge in [-0.1, -0.05) is 12.1 Å². The van der Waals surface area contributed by atoms with E-state index in [1.165, 1.54) is 36.2 Å². The summed E-state index contributed by atoms with van der Waals surface area (Å²) in [4.78, 5) is 26.8. The minimum Gasteiger partial charge on any atom is -0.497 e. The monoisotopic (exact) mass is 479 g/mol. The van der Waals surface area contributed by atoms with Crippen LogP contribution in [0, 0.1) is 5.82 Å². The zero-order chi connectivity index (χ0) is 24.6. The maximum Gasteiger partial charge on any atom is 0.242 e. The van der Waals surface area contributed by atoms with Crippen LogP contribution in [0.4, 0.5) is 10.1 Å². The van der Waals surface area contributed by atoms with E-state index in [4.69, 9.17) is 4.74 Å². The van der Waals surface area contributed by atoms with Crippen molar-refractivity contribution in [3.8, 4) is 5.75 Å². The van der Waals surface area contributed by atoms with Crippen LogP contribution in [0.3, 0.4) is 0 Å². The molecular formula is C23H30FN3O5S. The molecule has 2 aromatic rings. The van der Waals surface area contributed by atoms with Crippen LogP contribution >= 0.6 is 0 Å². The van der Waals surface area contributed by atoms with Crippen LogP contribution in [0.25, 0.3) is 0 Å². The number of amides is 2. The lowest BCUT2D eigenvalue weighted by molar-refractivity contribution is -0.140. The Hall–Kier alpha value is -3.14. The Morgan fingerprint density at radius 2 is 1.82 bits per heavy atom. The number of nitrogens with one attached hydrogen (secondary N) is 1. The van der Waals surface area contributed by atoms with Crippen molar-refractivity contribution in [2.45, 2.75) is 32.4 Å². The number of benzene rings is 2. The molecule has 1 atom stereocenters. The second-order valence-electron chi connectivity index (χ2n) is 7.58. The van der Waals surface area contributed by atoms with Gasteiger partial charge in [0.05, 0.1) is 19.1 Å². The molecule has 2 amide bonds. The molecule has 33 heavy (non-hydrogen) atoms. The fraction of sp³-hybridized carbons (Fsp3) is 0.391. The molecule has 0 saturated carbocycles. The van der Waals surface area contributed by atoms with Gasteiger partial charge in [-0.05, 0) is 55.3 Å². The minimum absolute atomic E-state index is 0.0263. The number of methoxy groups -OCH3 is 1. The van der Waals surface area contributed by atoms with E-state index in [0.29, 0.717) is 11.4 Å². The molecule has 10 heteroatoms. The molecule has 0 saturated heterocycles. The average Bonchev–Trinajstić information content (AvgIpc) is 2.79. The van der Waals surface area contributed by atoms with Crippen LogP contribution in [0.5, 0.6) is 5.75 Å². The molecule has 180 valence electrons. The molecule has 0 aliphatic carbocycles. The molecule has 0 bridgehead atoms. The second-order valence-corrected chi connectivity index (χ2v) is 9.49. The van der Waals surface area contributed by atoms with Gasteiger partial charge in [0.25, 0.3) is 0 Å². The Balaban J connectivity index is 2.15. The molecule has 0 aliphatic heterocycles. The third-order valence-corrected chi connectivity index (χ3v) is 6.36. The molecule has 8 nitrogen and oxygen atoms in total. The van der Waals surface area contributed by atoms with E-state index in [1.54, 1.807) is 32.2 Å². The van der Waals surface area contributed by atoms with Crippen molar-refractivity contribution in [3.05, 3.63) is 59.9 Å². The second kappa shape index (κ2) is 11.6. The molecule has 0 fully saturated rings. The van der Waals surface area contributed by atoms with E-state index in [9.17, 15) is 22.4 Å². The molecule has 0 heterocycles. The number of halogens is 1. The van der Waals surface area contributed by atoms with Gasteiger partial charge in [-0.2, -0.15) is 0 Å². The summed E-state index contributed by atoms with van der Waals surface area (Å²) in [5.74, 6) is -0.439. The van der Waals surface area contributed by atoms with Gasteiger partial charge in [0, 0.05) is 26.6 Å². The normalized spacial score (nSPS) is 12.0. The third-order valence-electron chi connectivity index (χ3n) is 5.17. The van der Waals surface area contributed by atoms with Gasteiger partial charge >= 0.3 is 0 Å². The van der Waals surface area contributed by atoms with Crippen molar-refractivity contribution >= 4 is 27.5 Å². The fourth-order valence-corrected chi connectivity index (χ4v) is 4.34. The predicted molar refractivity (Wildman–Crippen MR) is 125 cm³/mol. The molecule has 0 spiro atoms. The van der Waals surface area contributed by atoms with Gasteiger partial charge in [-0.3, -0.25) is 13.9 Å². The highest BCUT2D eigenvalue weighted by molar-refractivity contribution is 7.92. The molecule has 2 rings (SSSR count). The lowest BCUT2D eigenvalue weighted by Crippen LogP contribution is -2.46. The Morgan fingerprint density at radius 3 is 2.39 bits per heavy atom. The first kappa shape index (κ1) is 26.1. The minimum atomic E-state index is -3.63. The van der Waals surface area contributed by atoms with Gasteiger partial charge in [-0.25, -0.2) is 12.8 Å². The van der Waals surface area contributed by atoms with Gasteiger partial charge < -0.3 is 15.0 Å². The maximum absolute atomic E-state index is 13.2. The van der Waals surface area contributed by atoms with E-state index in [1.807, 2.05) is 6.07 Å². The number of hydrogen-bond acceptors (Lipinski definition) is 5. The van der Waals surface area contributed by atoms with Crippen LogP contribution in [0.15, 0.2) is 48.5 Å². The first-order valence-corrected chi connectivity index (χ1v) is 12.3. The quantitative estimate of drug-likeness (QED) is 0.534. The van der Waals surface area contributed by atoms with Crippen molar-refractivity contribution in [1.29, 1.82) is 0 Å². The highest BCUT2D eigenvalue weighted by Gasteiger charge is 2.26. The summed E-state index contributed by atoms with van der Waals surface area (Å²) >= 11 is 0. The lowest BCUT2D eigenvalue weighted by Gasteiger charge is -2.29. The van der Waals surface area contributed by atoms with Crippen LogP contribution in [0.2, 0.25) is 0 Å². The number of hydrogen-bond donors (Lipinski definition) is 1. The first-order chi connectivity index (χ1) is 15.6. The zero-order valence-electron chi connectivity index (χ0n) is 19.2. The Kier molecular flexibility index (Phi) is 9.22. The average molecular weight is 480 g/mol. The van der Waals surface area contributed by atoms with Crippen LogP contribution < -0.4 is 14.4 Å². The topological polar surface area (TPSA) is 96.0 Å². The lowest BCUT2D eigenvalue weighted by atomic mass is 10.1. The van der Waals surface area contributed by atoms with E-state index in [0.717, 1.165) is 16.1 Å². The Bertz CT molecular complexity index is 1060. The van der Waals surface area contributed by atoms with Gasteiger partial charge in [0.1, 0.15) is 17.6 Å². The number of anilines is 1. The number of sulfonamides is 1. The van der Waals surface area contributed by atoms with Crippen LogP contribution in [-0.4, -0.2) is 58.1 Å². The fourth-order valence-electron chi connectivity index (χ4n) is 3.37. The Labute approximate surface area is 194 Å². The molecule has 0 radical (unpaired) electrons. The summed E-state index contributed by atoms with van der Waals surface area (Å²) in [6.07, 6.45) is 1.30. The van der Waals surface area contributed by atoms with Crippen molar-refractivity contribution in [2.75, 3.05) is 31.3 Å². The molecule has 2 aromatic carbocycles. The SMILES string of the molecule is CNC(=O)C(C)N(Cc1cccc(OC)c1)C(=O)CCCN(c1ccc(F)cc1)S(C)(=O)=O. The maximum atomic E-state index is 13.2. The van der Waals surface area contributed by atoms with Crippen LogP contribution in [0.1, 0.15) is 25.3 Å². The van der Waals surface area contributed by atoms with Gasteiger partial charge in [0.15, 0.2) is 0 Å². The number of carbonyl (C=O) groups excluding carboxylic acids is 2. The summed E-state index contributed by atoms with van der Waals surface area (Å²) in [6.45, 7) is 1.87. The predicted octanol–water partition coefficient (Wildman–Crippen LogP) is 2.54. The summed E-state index contributed by atoms with van der Waals surface area (Å²) < 4.78 is 44.1. The zero-order valence-corrected chi connectivity index (χ0v) is 20.1. The molecule has 1 N–H and O–H groups in total. The van der Waals surface area contributed by atoms with Crippen molar-refractivity contribution in [1.82, 2.24) is 10.2 Å². The largest absolute Gasteiger partial charge is 0.497 e. The van der Waals surface area contributed by atoms with Gasteiger partial charge in [0.2, 0.25) is 21.8 Å². The summed E-state index contributed by atoms with van der Waals surface area (Å²) in [5.41, 5.74) is 1.11. The number of rotatable bonds is 11. The molecule has 0 aromatic heterocycles. The van der Waals surface area contributed by atoms with E-state index in [2.05, 4.69) is 5.32 Å². The molecular weight excluding hydrogens is 449 g/mol. The molecule has 1 unspecified atom stereocenters. The Morgan fingerprint density at radius 1 is 1.15 bits per heavy atom. The van der Waals surface area contributed by atoms with E-state index < -0.39 is 21.9 Å². The van der Waals surface area contributed by atoms with Crippen molar-refractivity contribution in [2.24, 2.45) is 0 Å². The summed E-state index contributed by atoms with van der Waals surface area (Å²) in [7, 11) is -0.586. The number of ether oxygens (including phenoxy) is 1. The van der Waals surface area contributed by atoms with Gasteiger partial charge in [-0.15, -0.1) is 0 Å². The number of carbonyl (C=O) groups is 2. The van der Waals surface area contributed by atoms with Crippen LogP contribution in [-0.2, 0) is 26.2 Å². The summed E-state index contributed by atoms with van der Waals surface area (Å²) in [5, 5.41) is 2.55.